The van der Waals surface area contributed by atoms with Crippen molar-refractivity contribution in [2.24, 2.45) is 0 Å². The highest BCUT2D eigenvalue weighted by Crippen LogP contribution is 2.35. The summed E-state index contributed by atoms with van der Waals surface area (Å²) in [6, 6.07) is 3.38. The van der Waals surface area contributed by atoms with Crippen molar-refractivity contribution in [3.8, 4) is 11.5 Å². The summed E-state index contributed by atoms with van der Waals surface area (Å²) in [6.45, 7) is 3.18. The molecule has 1 aliphatic heterocycles. The SMILES string of the molecule is CCn1c(NC(=O)c2cnc(N)nc2)nc2c3c(ccc2c1=O)OCCCCO3. The highest BCUT2D eigenvalue weighted by molar-refractivity contribution is 6.03. The number of ether oxygens (including phenoxy) is 2. The molecular formula is C19H20N6O4. The second kappa shape index (κ2) is 7.74. The highest BCUT2D eigenvalue weighted by Gasteiger charge is 2.20. The minimum Gasteiger partial charge on any atom is -0.490 e. The third-order valence-corrected chi connectivity index (χ3v) is 4.56. The summed E-state index contributed by atoms with van der Waals surface area (Å²) in [7, 11) is 0. The number of aromatic nitrogens is 4. The van der Waals surface area contributed by atoms with Gasteiger partial charge in [0.25, 0.3) is 11.5 Å². The van der Waals surface area contributed by atoms with E-state index in [1.54, 1.807) is 19.1 Å². The summed E-state index contributed by atoms with van der Waals surface area (Å²) in [6.07, 6.45) is 4.33. The zero-order valence-electron chi connectivity index (χ0n) is 15.8. The van der Waals surface area contributed by atoms with Crippen LogP contribution in [0.15, 0.2) is 29.3 Å². The minimum atomic E-state index is -0.505. The summed E-state index contributed by atoms with van der Waals surface area (Å²) in [4.78, 5) is 37.8. The van der Waals surface area contributed by atoms with E-state index in [2.05, 4.69) is 20.3 Å². The van der Waals surface area contributed by atoms with Crippen LogP contribution in [0.3, 0.4) is 0 Å². The van der Waals surface area contributed by atoms with Gasteiger partial charge in [-0.15, -0.1) is 0 Å². The lowest BCUT2D eigenvalue weighted by Crippen LogP contribution is -2.27. The number of carbonyl (C=O) groups excluding carboxylic acids is 1. The number of nitrogens with zero attached hydrogens (tertiary/aromatic N) is 4. The molecule has 0 fully saturated rings. The molecule has 0 saturated carbocycles. The molecule has 1 amide bonds. The number of carbonyl (C=O) groups is 1. The molecule has 2 aromatic heterocycles. The van der Waals surface area contributed by atoms with E-state index in [0.29, 0.717) is 42.2 Å². The van der Waals surface area contributed by atoms with Gasteiger partial charge in [0.1, 0.15) is 5.52 Å². The standard InChI is InChI=1S/C19H20N6O4/c1-2-25-17(27)12-5-6-13-15(29-8-4-3-7-28-13)14(12)23-19(25)24-16(26)11-9-21-18(20)22-10-11/h5-6,9-10H,2-4,7-8H2,1H3,(H2,20,21,22)(H,23,24,26). The van der Waals surface area contributed by atoms with E-state index in [9.17, 15) is 9.59 Å². The molecule has 0 radical (unpaired) electrons. The number of anilines is 2. The second-order valence-corrected chi connectivity index (χ2v) is 6.46. The summed E-state index contributed by atoms with van der Waals surface area (Å²) < 4.78 is 13.0. The maximum atomic E-state index is 13.0. The van der Waals surface area contributed by atoms with Crippen LogP contribution in [-0.4, -0.2) is 38.6 Å². The molecule has 0 unspecified atom stereocenters. The van der Waals surface area contributed by atoms with Crippen LogP contribution in [-0.2, 0) is 6.54 Å². The van der Waals surface area contributed by atoms with Gasteiger partial charge in [-0.3, -0.25) is 19.5 Å². The van der Waals surface area contributed by atoms with Crippen molar-refractivity contribution < 1.29 is 14.3 Å². The van der Waals surface area contributed by atoms with E-state index in [4.69, 9.17) is 15.2 Å². The number of rotatable bonds is 3. The molecule has 3 heterocycles. The molecule has 150 valence electrons. The van der Waals surface area contributed by atoms with Gasteiger partial charge in [0.15, 0.2) is 11.5 Å². The Morgan fingerprint density at radius 3 is 2.66 bits per heavy atom. The van der Waals surface area contributed by atoms with Gasteiger partial charge in [-0.2, -0.15) is 0 Å². The largest absolute Gasteiger partial charge is 0.490 e. The number of hydrogen-bond acceptors (Lipinski definition) is 8. The van der Waals surface area contributed by atoms with Gasteiger partial charge in [0, 0.05) is 18.9 Å². The first-order chi connectivity index (χ1) is 14.1. The van der Waals surface area contributed by atoms with Crippen LogP contribution in [0.4, 0.5) is 11.9 Å². The molecule has 0 aliphatic carbocycles. The van der Waals surface area contributed by atoms with Crippen molar-refractivity contribution in [1.29, 1.82) is 0 Å². The quantitative estimate of drug-likeness (QED) is 0.682. The molecule has 0 spiro atoms. The van der Waals surface area contributed by atoms with E-state index >= 15 is 0 Å². The maximum absolute atomic E-state index is 13.0. The van der Waals surface area contributed by atoms with Gasteiger partial charge >= 0.3 is 0 Å². The van der Waals surface area contributed by atoms with Crippen molar-refractivity contribution in [3.05, 3.63) is 40.4 Å². The Labute approximate surface area is 165 Å². The van der Waals surface area contributed by atoms with Crippen LogP contribution < -0.4 is 26.1 Å². The molecule has 0 saturated heterocycles. The van der Waals surface area contributed by atoms with Crippen molar-refractivity contribution in [2.75, 3.05) is 24.3 Å². The number of nitrogens with two attached hydrogens (primary N) is 1. The van der Waals surface area contributed by atoms with Gasteiger partial charge in [-0.25, -0.2) is 15.0 Å². The summed E-state index contributed by atoms with van der Waals surface area (Å²) in [5, 5.41) is 3.05. The Morgan fingerprint density at radius 1 is 1.21 bits per heavy atom. The molecule has 3 N–H and O–H groups in total. The van der Waals surface area contributed by atoms with Crippen LogP contribution in [0.2, 0.25) is 0 Å². The number of fused-ring (bicyclic) bond motifs is 3. The fourth-order valence-electron chi connectivity index (χ4n) is 3.08. The highest BCUT2D eigenvalue weighted by atomic mass is 16.5. The Morgan fingerprint density at radius 2 is 1.93 bits per heavy atom. The summed E-state index contributed by atoms with van der Waals surface area (Å²) in [5.74, 6) is 0.600. The van der Waals surface area contributed by atoms with Crippen LogP contribution >= 0.6 is 0 Å². The van der Waals surface area contributed by atoms with E-state index < -0.39 is 5.91 Å². The number of nitrogens with one attached hydrogen (secondary N) is 1. The molecule has 1 aromatic carbocycles. The van der Waals surface area contributed by atoms with Crippen LogP contribution in [0.5, 0.6) is 11.5 Å². The molecule has 10 nitrogen and oxygen atoms in total. The average molecular weight is 396 g/mol. The maximum Gasteiger partial charge on any atom is 0.262 e. The summed E-state index contributed by atoms with van der Waals surface area (Å²) >= 11 is 0. The van der Waals surface area contributed by atoms with E-state index in [1.807, 2.05) is 0 Å². The Kier molecular flexibility index (Phi) is 4.98. The molecule has 0 bridgehead atoms. The Bertz CT molecular complexity index is 1130. The van der Waals surface area contributed by atoms with Crippen molar-refractivity contribution in [3.63, 3.8) is 0 Å². The molecule has 0 atom stereocenters. The number of nitrogen functional groups attached to an aromatic ring is 1. The lowest BCUT2D eigenvalue weighted by molar-refractivity contribution is 0.102. The smallest absolute Gasteiger partial charge is 0.262 e. The minimum absolute atomic E-state index is 0.0617. The monoisotopic (exact) mass is 396 g/mol. The second-order valence-electron chi connectivity index (χ2n) is 6.46. The number of hydrogen-bond donors (Lipinski definition) is 2. The fraction of sp³-hybridized carbons (Fsp3) is 0.316. The van der Waals surface area contributed by atoms with E-state index in [1.165, 1.54) is 17.0 Å². The molecule has 4 rings (SSSR count). The topological polar surface area (TPSA) is 134 Å². The fourth-order valence-corrected chi connectivity index (χ4v) is 3.08. The predicted molar refractivity (Wildman–Crippen MR) is 106 cm³/mol. The Hall–Kier alpha value is -3.69. The van der Waals surface area contributed by atoms with Crippen molar-refractivity contribution >= 4 is 28.7 Å². The third-order valence-electron chi connectivity index (χ3n) is 4.56. The molecular weight excluding hydrogens is 376 g/mol. The first kappa shape index (κ1) is 18.7. The van der Waals surface area contributed by atoms with Gasteiger partial charge in [-0.05, 0) is 31.9 Å². The lowest BCUT2D eigenvalue weighted by atomic mass is 10.2. The average Bonchev–Trinajstić information content (AvgIpc) is 2.69. The zero-order valence-corrected chi connectivity index (χ0v) is 15.8. The van der Waals surface area contributed by atoms with Gasteiger partial charge in [-0.1, -0.05) is 0 Å². The predicted octanol–water partition coefficient (Wildman–Crippen LogP) is 1.59. The van der Waals surface area contributed by atoms with Gasteiger partial charge < -0.3 is 15.2 Å². The van der Waals surface area contributed by atoms with E-state index in [0.717, 1.165) is 12.8 Å². The molecule has 10 heteroatoms. The number of amides is 1. The van der Waals surface area contributed by atoms with Crippen LogP contribution in [0.1, 0.15) is 30.1 Å². The third kappa shape index (κ3) is 3.56. The summed E-state index contributed by atoms with van der Waals surface area (Å²) in [5.41, 5.74) is 5.72. The first-order valence-corrected chi connectivity index (χ1v) is 9.30. The number of benzene rings is 1. The normalized spacial score (nSPS) is 13.6. The molecule has 3 aromatic rings. The van der Waals surface area contributed by atoms with Crippen LogP contribution in [0.25, 0.3) is 10.9 Å². The lowest BCUT2D eigenvalue weighted by Gasteiger charge is -2.19. The van der Waals surface area contributed by atoms with Gasteiger partial charge in [0.2, 0.25) is 11.9 Å². The van der Waals surface area contributed by atoms with E-state index in [-0.39, 0.29) is 23.0 Å². The zero-order chi connectivity index (χ0) is 20.4. The van der Waals surface area contributed by atoms with Crippen molar-refractivity contribution in [2.45, 2.75) is 26.3 Å². The molecule has 29 heavy (non-hydrogen) atoms. The molecule has 1 aliphatic rings. The van der Waals surface area contributed by atoms with Gasteiger partial charge in [0.05, 0.1) is 24.2 Å². The Balaban J connectivity index is 1.82. The van der Waals surface area contributed by atoms with Crippen molar-refractivity contribution in [1.82, 2.24) is 19.5 Å². The van der Waals surface area contributed by atoms with Crippen LogP contribution in [0, 0.1) is 0 Å². The first-order valence-electron chi connectivity index (χ1n) is 9.30.